The smallest absolute Gasteiger partial charge is 0.329 e. The molecule has 0 aliphatic carbocycles. The van der Waals surface area contributed by atoms with E-state index < -0.39 is 5.97 Å². The van der Waals surface area contributed by atoms with Crippen molar-refractivity contribution >= 4 is 29.2 Å². The van der Waals surface area contributed by atoms with Gasteiger partial charge in [-0.05, 0) is 17.7 Å². The third-order valence-corrected chi connectivity index (χ3v) is 2.22. The number of rotatable bonds is 4. The van der Waals surface area contributed by atoms with E-state index in [-0.39, 0.29) is 13.2 Å². The van der Waals surface area contributed by atoms with Crippen molar-refractivity contribution < 1.29 is 14.6 Å². The van der Waals surface area contributed by atoms with Crippen LogP contribution in [0.25, 0.3) is 0 Å². The SMILES string of the molecule is O=C(O)COCc1ccc(Cl)c(Cl)c1. The van der Waals surface area contributed by atoms with E-state index in [2.05, 4.69) is 0 Å². The molecule has 0 fully saturated rings. The number of halogens is 2. The monoisotopic (exact) mass is 234 g/mol. The average Bonchev–Trinajstić information content (AvgIpc) is 2.10. The summed E-state index contributed by atoms with van der Waals surface area (Å²) in [4.78, 5) is 10.1. The van der Waals surface area contributed by atoms with E-state index in [1.54, 1.807) is 18.2 Å². The summed E-state index contributed by atoms with van der Waals surface area (Å²) < 4.78 is 4.87. The van der Waals surface area contributed by atoms with E-state index >= 15 is 0 Å². The number of hydrogen-bond donors (Lipinski definition) is 1. The predicted molar refractivity (Wildman–Crippen MR) is 53.8 cm³/mol. The van der Waals surface area contributed by atoms with Gasteiger partial charge in [-0.3, -0.25) is 0 Å². The highest BCUT2D eigenvalue weighted by Gasteiger charge is 2.01. The van der Waals surface area contributed by atoms with Gasteiger partial charge >= 0.3 is 5.97 Å². The molecule has 0 spiro atoms. The Morgan fingerprint density at radius 1 is 1.36 bits per heavy atom. The molecule has 0 aliphatic rings. The van der Waals surface area contributed by atoms with Crippen LogP contribution < -0.4 is 0 Å². The van der Waals surface area contributed by atoms with E-state index in [0.717, 1.165) is 5.56 Å². The normalized spacial score (nSPS) is 10.1. The standard InChI is InChI=1S/C9H8Cl2O3/c10-7-2-1-6(3-8(7)11)4-14-5-9(12)13/h1-3H,4-5H2,(H,12,13). The number of benzene rings is 1. The zero-order chi connectivity index (χ0) is 10.6. The molecule has 1 N–H and O–H groups in total. The van der Waals surface area contributed by atoms with Crippen LogP contribution in [0.1, 0.15) is 5.56 Å². The molecule has 0 heterocycles. The van der Waals surface area contributed by atoms with Crippen LogP contribution in [0, 0.1) is 0 Å². The van der Waals surface area contributed by atoms with Crippen LogP contribution in [0.3, 0.4) is 0 Å². The third-order valence-electron chi connectivity index (χ3n) is 1.48. The summed E-state index contributed by atoms with van der Waals surface area (Å²) in [5, 5.41) is 9.22. The number of carboxylic acids is 1. The van der Waals surface area contributed by atoms with Crippen LogP contribution in [0.2, 0.25) is 10.0 Å². The van der Waals surface area contributed by atoms with Crippen LogP contribution in [0.4, 0.5) is 0 Å². The molecular formula is C9H8Cl2O3. The van der Waals surface area contributed by atoms with Crippen LogP contribution >= 0.6 is 23.2 Å². The second-order valence-electron chi connectivity index (χ2n) is 2.63. The molecule has 14 heavy (non-hydrogen) atoms. The highest BCUT2D eigenvalue weighted by Crippen LogP contribution is 2.22. The second-order valence-corrected chi connectivity index (χ2v) is 3.45. The van der Waals surface area contributed by atoms with Crippen molar-refractivity contribution in [2.24, 2.45) is 0 Å². The van der Waals surface area contributed by atoms with Crippen LogP contribution in [-0.4, -0.2) is 17.7 Å². The van der Waals surface area contributed by atoms with Gasteiger partial charge < -0.3 is 9.84 Å². The molecule has 0 saturated carbocycles. The van der Waals surface area contributed by atoms with Gasteiger partial charge in [-0.25, -0.2) is 4.79 Å². The van der Waals surface area contributed by atoms with Crippen LogP contribution in [-0.2, 0) is 16.1 Å². The van der Waals surface area contributed by atoms with Crippen molar-refractivity contribution in [3.05, 3.63) is 33.8 Å². The minimum Gasteiger partial charge on any atom is -0.480 e. The Kier molecular flexibility index (Phi) is 4.20. The second kappa shape index (κ2) is 5.20. The highest BCUT2D eigenvalue weighted by molar-refractivity contribution is 6.41. The van der Waals surface area contributed by atoms with Gasteiger partial charge in [0.2, 0.25) is 0 Å². The third kappa shape index (κ3) is 3.54. The zero-order valence-corrected chi connectivity index (χ0v) is 8.68. The number of carboxylic acid groups (broad SMARTS) is 1. The Balaban J connectivity index is 2.51. The van der Waals surface area contributed by atoms with E-state index in [4.69, 9.17) is 33.0 Å². The summed E-state index contributed by atoms with van der Waals surface area (Å²) in [5.41, 5.74) is 0.792. The molecule has 0 radical (unpaired) electrons. The molecular weight excluding hydrogens is 227 g/mol. The molecule has 0 aromatic heterocycles. The Morgan fingerprint density at radius 2 is 2.07 bits per heavy atom. The summed E-state index contributed by atoms with van der Waals surface area (Å²) in [5.74, 6) is -0.995. The molecule has 76 valence electrons. The number of aliphatic carboxylic acids is 1. The Hall–Kier alpha value is -0.770. The van der Waals surface area contributed by atoms with Crippen molar-refractivity contribution in [3.63, 3.8) is 0 Å². The van der Waals surface area contributed by atoms with Gasteiger partial charge in [-0.15, -0.1) is 0 Å². The van der Waals surface area contributed by atoms with Crippen molar-refractivity contribution in [1.82, 2.24) is 0 Å². The molecule has 1 aromatic carbocycles. The predicted octanol–water partition coefficient (Wildman–Crippen LogP) is 2.59. The van der Waals surface area contributed by atoms with E-state index in [9.17, 15) is 4.79 Å². The lowest BCUT2D eigenvalue weighted by Crippen LogP contribution is -2.06. The zero-order valence-electron chi connectivity index (χ0n) is 7.17. The molecule has 0 aliphatic heterocycles. The maximum absolute atomic E-state index is 10.1. The highest BCUT2D eigenvalue weighted by atomic mass is 35.5. The first-order valence-electron chi connectivity index (χ1n) is 3.83. The lowest BCUT2D eigenvalue weighted by molar-refractivity contribution is -0.142. The summed E-state index contributed by atoms with van der Waals surface area (Å²) in [6.07, 6.45) is 0. The summed E-state index contributed by atoms with van der Waals surface area (Å²) in [7, 11) is 0. The Labute approximate surface area is 91.2 Å². The van der Waals surface area contributed by atoms with Crippen molar-refractivity contribution in [3.8, 4) is 0 Å². The average molecular weight is 235 g/mol. The van der Waals surface area contributed by atoms with Crippen molar-refractivity contribution in [2.45, 2.75) is 6.61 Å². The van der Waals surface area contributed by atoms with E-state index in [1.807, 2.05) is 0 Å². The number of hydrogen-bond acceptors (Lipinski definition) is 2. The van der Waals surface area contributed by atoms with Crippen LogP contribution in [0.5, 0.6) is 0 Å². The lowest BCUT2D eigenvalue weighted by Gasteiger charge is -2.02. The van der Waals surface area contributed by atoms with Gasteiger partial charge in [0.25, 0.3) is 0 Å². The van der Waals surface area contributed by atoms with Gasteiger partial charge in [0.15, 0.2) is 0 Å². The lowest BCUT2D eigenvalue weighted by atomic mass is 10.2. The van der Waals surface area contributed by atoms with Gasteiger partial charge in [-0.2, -0.15) is 0 Å². The van der Waals surface area contributed by atoms with E-state index in [1.165, 1.54) is 0 Å². The Bertz CT molecular complexity index is 339. The first kappa shape index (κ1) is 11.3. The Morgan fingerprint density at radius 3 is 2.64 bits per heavy atom. The summed E-state index contributed by atoms with van der Waals surface area (Å²) in [6.45, 7) is -0.108. The molecule has 0 saturated heterocycles. The number of ether oxygens (including phenoxy) is 1. The van der Waals surface area contributed by atoms with Gasteiger partial charge in [0, 0.05) is 0 Å². The van der Waals surface area contributed by atoms with E-state index in [0.29, 0.717) is 10.0 Å². The minimum atomic E-state index is -0.995. The number of carbonyl (C=O) groups is 1. The fraction of sp³-hybridized carbons (Fsp3) is 0.222. The largest absolute Gasteiger partial charge is 0.480 e. The molecule has 5 heteroatoms. The molecule has 0 bridgehead atoms. The summed E-state index contributed by atoms with van der Waals surface area (Å²) >= 11 is 11.4. The fourth-order valence-corrected chi connectivity index (χ4v) is 1.21. The van der Waals surface area contributed by atoms with Gasteiger partial charge in [0.1, 0.15) is 6.61 Å². The van der Waals surface area contributed by atoms with Crippen LogP contribution in [0.15, 0.2) is 18.2 Å². The maximum atomic E-state index is 10.1. The molecule has 3 nitrogen and oxygen atoms in total. The molecule has 0 atom stereocenters. The molecule has 1 aromatic rings. The van der Waals surface area contributed by atoms with Crippen molar-refractivity contribution in [1.29, 1.82) is 0 Å². The fourth-order valence-electron chi connectivity index (χ4n) is 0.886. The first-order valence-corrected chi connectivity index (χ1v) is 4.58. The summed E-state index contributed by atoms with van der Waals surface area (Å²) in [6, 6.07) is 5.02. The quantitative estimate of drug-likeness (QED) is 0.872. The minimum absolute atomic E-state index is 0.211. The van der Waals surface area contributed by atoms with Gasteiger partial charge in [-0.1, -0.05) is 29.3 Å². The first-order chi connectivity index (χ1) is 6.59. The molecule has 0 unspecified atom stereocenters. The molecule has 0 amide bonds. The topological polar surface area (TPSA) is 46.5 Å². The van der Waals surface area contributed by atoms with Crippen molar-refractivity contribution in [2.75, 3.05) is 6.61 Å². The van der Waals surface area contributed by atoms with Gasteiger partial charge in [0.05, 0.1) is 16.7 Å². The molecule has 1 rings (SSSR count). The maximum Gasteiger partial charge on any atom is 0.329 e.